The van der Waals surface area contributed by atoms with E-state index in [-0.39, 0.29) is 17.5 Å². The zero-order valence-electron chi connectivity index (χ0n) is 19.2. The number of carbonyl (C=O) groups is 2. The molecule has 1 aromatic carbocycles. The number of hydrogen-bond donors (Lipinski definition) is 4. The number of pyridine rings is 1. The summed E-state index contributed by atoms with van der Waals surface area (Å²) in [5, 5.41) is 27.2. The first-order valence-corrected chi connectivity index (χ1v) is 11.8. The number of carbonyl (C=O) groups excluding carboxylic acids is 1. The third kappa shape index (κ3) is 5.78. The van der Waals surface area contributed by atoms with Gasteiger partial charge >= 0.3 is 5.97 Å². The molecule has 4 atom stereocenters. The fourth-order valence-electron chi connectivity index (χ4n) is 4.31. The number of fused-ring (bicyclic) bond motifs is 1. The number of benzene rings is 1. The second-order valence-electron chi connectivity index (χ2n) is 8.71. The maximum Gasteiger partial charge on any atom is 0.326 e. The minimum absolute atomic E-state index is 0.151. The molecule has 9 heteroatoms. The summed E-state index contributed by atoms with van der Waals surface area (Å²) in [5.74, 6) is -2.45. The SMILES string of the molecule is CC1C=CN=C(Cl)C1C(=O)NC(CC1=CC=C(NC(O)c2ccnc3ccccc23)CC1)C(=O)O. The van der Waals surface area contributed by atoms with E-state index in [1.54, 1.807) is 24.5 Å². The Morgan fingerprint density at radius 3 is 2.71 bits per heavy atom. The number of carboxylic acid groups (broad SMARTS) is 1. The number of hydrogen-bond acceptors (Lipinski definition) is 6. The van der Waals surface area contributed by atoms with E-state index in [9.17, 15) is 19.8 Å². The highest BCUT2D eigenvalue weighted by atomic mass is 35.5. The van der Waals surface area contributed by atoms with E-state index >= 15 is 0 Å². The molecule has 0 saturated carbocycles. The van der Waals surface area contributed by atoms with Crippen molar-refractivity contribution in [2.45, 2.75) is 38.5 Å². The van der Waals surface area contributed by atoms with Gasteiger partial charge in [-0.05, 0) is 43.4 Å². The number of nitrogens with one attached hydrogen (secondary N) is 2. The predicted octanol–water partition coefficient (Wildman–Crippen LogP) is 3.80. The van der Waals surface area contributed by atoms with Crippen molar-refractivity contribution in [3.05, 3.63) is 77.8 Å². The van der Waals surface area contributed by atoms with Gasteiger partial charge < -0.3 is 20.8 Å². The van der Waals surface area contributed by atoms with Gasteiger partial charge in [0, 0.05) is 29.0 Å². The highest BCUT2D eigenvalue weighted by Crippen LogP contribution is 2.26. The number of aliphatic hydroxyl groups excluding tert-OH is 1. The molecule has 1 aromatic heterocycles. The number of aliphatic hydroxyl groups is 1. The van der Waals surface area contributed by atoms with Crippen LogP contribution >= 0.6 is 11.6 Å². The van der Waals surface area contributed by atoms with Crippen LogP contribution in [0.15, 0.2) is 77.2 Å². The third-order valence-corrected chi connectivity index (χ3v) is 6.60. The number of nitrogens with zero attached hydrogens (tertiary/aromatic N) is 2. The molecule has 0 spiro atoms. The van der Waals surface area contributed by atoms with Crippen LogP contribution in [0.25, 0.3) is 10.9 Å². The maximum atomic E-state index is 12.7. The van der Waals surface area contributed by atoms with Gasteiger partial charge in [-0.1, -0.05) is 54.4 Å². The first kappa shape index (κ1) is 24.6. The van der Waals surface area contributed by atoms with Gasteiger partial charge in [0.2, 0.25) is 5.91 Å². The van der Waals surface area contributed by atoms with E-state index < -0.39 is 30.1 Å². The normalized spacial score (nSPS) is 21.4. The van der Waals surface area contributed by atoms with Gasteiger partial charge in [-0.2, -0.15) is 0 Å². The second-order valence-corrected chi connectivity index (χ2v) is 9.10. The molecule has 4 rings (SSSR count). The quantitative estimate of drug-likeness (QED) is 0.414. The second kappa shape index (κ2) is 10.8. The van der Waals surface area contributed by atoms with Crippen LogP contribution in [0, 0.1) is 11.8 Å². The molecule has 2 heterocycles. The van der Waals surface area contributed by atoms with E-state index in [0.717, 1.165) is 27.7 Å². The lowest BCUT2D eigenvalue weighted by Gasteiger charge is -2.25. The number of para-hydroxylation sites is 1. The van der Waals surface area contributed by atoms with Crippen LogP contribution in [0.4, 0.5) is 0 Å². The summed E-state index contributed by atoms with van der Waals surface area (Å²) < 4.78 is 0. The van der Waals surface area contributed by atoms with Crippen molar-refractivity contribution in [2.75, 3.05) is 0 Å². The number of allylic oxidation sites excluding steroid dienone is 4. The summed E-state index contributed by atoms with van der Waals surface area (Å²) in [6, 6.07) is 8.32. The Bertz CT molecular complexity index is 1250. The van der Waals surface area contributed by atoms with Crippen LogP contribution in [0.3, 0.4) is 0 Å². The van der Waals surface area contributed by atoms with Crippen molar-refractivity contribution in [3.8, 4) is 0 Å². The van der Waals surface area contributed by atoms with Gasteiger partial charge in [0.15, 0.2) is 6.23 Å². The fourth-order valence-corrected chi connectivity index (χ4v) is 4.66. The molecular weight excluding hydrogens is 468 g/mol. The molecule has 0 bridgehead atoms. The van der Waals surface area contributed by atoms with Crippen molar-refractivity contribution in [2.24, 2.45) is 16.8 Å². The van der Waals surface area contributed by atoms with Gasteiger partial charge in [-0.3, -0.25) is 9.78 Å². The molecule has 0 saturated heterocycles. The molecule has 1 aliphatic heterocycles. The molecule has 0 radical (unpaired) electrons. The minimum atomic E-state index is -1.11. The average Bonchev–Trinajstić information content (AvgIpc) is 2.84. The summed E-state index contributed by atoms with van der Waals surface area (Å²) in [5.41, 5.74) is 3.26. The summed E-state index contributed by atoms with van der Waals surface area (Å²) in [6.07, 6.45) is 9.13. The highest BCUT2D eigenvalue weighted by molar-refractivity contribution is 6.67. The van der Waals surface area contributed by atoms with Gasteiger partial charge in [-0.15, -0.1) is 0 Å². The van der Waals surface area contributed by atoms with Gasteiger partial charge in [-0.25, -0.2) is 9.79 Å². The molecule has 1 amide bonds. The van der Waals surface area contributed by atoms with Gasteiger partial charge in [0.1, 0.15) is 11.2 Å². The van der Waals surface area contributed by atoms with Crippen molar-refractivity contribution in [1.29, 1.82) is 0 Å². The van der Waals surface area contributed by atoms with Crippen LogP contribution in [-0.4, -0.2) is 38.3 Å². The van der Waals surface area contributed by atoms with E-state index in [1.165, 1.54) is 0 Å². The summed E-state index contributed by atoms with van der Waals surface area (Å²) in [4.78, 5) is 32.9. The Morgan fingerprint density at radius 2 is 2.00 bits per heavy atom. The van der Waals surface area contributed by atoms with Gasteiger partial charge in [0.25, 0.3) is 0 Å². The monoisotopic (exact) mass is 494 g/mol. The smallest absolute Gasteiger partial charge is 0.326 e. The van der Waals surface area contributed by atoms with Crippen LogP contribution < -0.4 is 10.6 Å². The maximum absolute atomic E-state index is 12.7. The van der Waals surface area contributed by atoms with E-state index in [2.05, 4.69) is 20.6 Å². The number of halogens is 1. The summed E-state index contributed by atoms with van der Waals surface area (Å²) in [7, 11) is 0. The predicted molar refractivity (Wildman–Crippen MR) is 135 cm³/mol. The topological polar surface area (TPSA) is 124 Å². The molecule has 0 fully saturated rings. The van der Waals surface area contributed by atoms with E-state index in [0.29, 0.717) is 12.8 Å². The summed E-state index contributed by atoms with van der Waals surface area (Å²) in [6.45, 7) is 1.83. The van der Waals surface area contributed by atoms with E-state index in [1.807, 2.05) is 43.3 Å². The molecule has 182 valence electrons. The number of aliphatic carboxylic acids is 1. The Hall–Kier alpha value is -3.49. The first-order valence-electron chi connectivity index (χ1n) is 11.4. The molecule has 35 heavy (non-hydrogen) atoms. The standard InChI is InChI=1S/C26H27ClN4O4/c1-15-10-12-29-23(27)22(15)25(33)31-21(26(34)35)14-16-6-8-17(9-7-16)30-24(32)19-11-13-28-20-5-3-2-4-18(19)20/h2-6,8,10-13,15,21-22,24,30,32H,7,9,14H2,1H3,(H,31,33)(H,34,35). The lowest BCUT2D eigenvalue weighted by molar-refractivity contribution is -0.142. The Kier molecular flexibility index (Phi) is 7.63. The average molecular weight is 495 g/mol. The molecule has 8 nitrogen and oxygen atoms in total. The highest BCUT2D eigenvalue weighted by Gasteiger charge is 2.33. The van der Waals surface area contributed by atoms with Crippen LogP contribution in [-0.2, 0) is 9.59 Å². The van der Waals surface area contributed by atoms with E-state index in [4.69, 9.17) is 11.6 Å². The van der Waals surface area contributed by atoms with Crippen LogP contribution in [0.5, 0.6) is 0 Å². The number of amides is 1. The number of rotatable bonds is 8. The zero-order valence-corrected chi connectivity index (χ0v) is 19.9. The van der Waals surface area contributed by atoms with Crippen LogP contribution in [0.2, 0.25) is 0 Å². The molecule has 4 unspecified atom stereocenters. The summed E-state index contributed by atoms with van der Waals surface area (Å²) >= 11 is 6.10. The number of aliphatic imine (C=N–C) groups is 1. The van der Waals surface area contributed by atoms with Crippen molar-refractivity contribution < 1.29 is 19.8 Å². The minimum Gasteiger partial charge on any atom is -0.480 e. The Morgan fingerprint density at radius 1 is 1.20 bits per heavy atom. The fraction of sp³-hybridized carbons (Fsp3) is 0.308. The van der Waals surface area contributed by atoms with Gasteiger partial charge in [0.05, 0.1) is 11.4 Å². The Labute approximate surface area is 208 Å². The van der Waals surface area contributed by atoms with Crippen molar-refractivity contribution in [3.63, 3.8) is 0 Å². The third-order valence-electron chi connectivity index (χ3n) is 6.27. The largest absolute Gasteiger partial charge is 0.480 e. The first-order chi connectivity index (χ1) is 16.8. The molecule has 1 aliphatic carbocycles. The van der Waals surface area contributed by atoms with Crippen molar-refractivity contribution in [1.82, 2.24) is 15.6 Å². The molecule has 2 aromatic rings. The molecular formula is C26H27ClN4O4. The van der Waals surface area contributed by atoms with Crippen molar-refractivity contribution >= 4 is 39.6 Å². The lowest BCUT2D eigenvalue weighted by atomic mass is 9.91. The molecule has 4 N–H and O–H groups in total. The molecule has 2 aliphatic rings. The zero-order chi connectivity index (χ0) is 24.9. The van der Waals surface area contributed by atoms with Crippen LogP contribution in [0.1, 0.15) is 38.0 Å². The number of aromatic nitrogens is 1. The Balaban J connectivity index is 1.40. The number of carboxylic acids is 1. The lowest BCUT2D eigenvalue weighted by Crippen LogP contribution is -2.46.